The molecule has 7 nitrogen and oxygen atoms in total. The number of guanidine groups is 1. The van der Waals surface area contributed by atoms with Gasteiger partial charge in [0, 0.05) is 51.0 Å². The average Bonchev–Trinajstić information content (AvgIpc) is 3.38. The van der Waals surface area contributed by atoms with Crippen LogP contribution in [0, 0.1) is 5.82 Å². The molecule has 0 bridgehead atoms. The summed E-state index contributed by atoms with van der Waals surface area (Å²) in [6.07, 6.45) is 1.59. The summed E-state index contributed by atoms with van der Waals surface area (Å²) in [5, 5.41) is 6.27. The van der Waals surface area contributed by atoms with Gasteiger partial charge in [0.2, 0.25) is 0 Å². The van der Waals surface area contributed by atoms with Gasteiger partial charge in [0.15, 0.2) is 5.96 Å². The number of benzene rings is 2. The molecule has 2 aromatic carbocycles. The first kappa shape index (κ1) is 22.4. The van der Waals surface area contributed by atoms with Crippen molar-refractivity contribution in [3.05, 3.63) is 89.6 Å². The average molecular weight is 450 g/mol. The van der Waals surface area contributed by atoms with E-state index in [1.165, 1.54) is 12.1 Å². The SMILES string of the molecule is CN=C(NCc1cccc(C(=O)NCc2ccco2)c1)N1CCN(c2ccc(F)cc2)CC1. The molecule has 0 aliphatic carbocycles. The molecule has 1 fully saturated rings. The maximum absolute atomic E-state index is 13.2. The number of nitrogens with one attached hydrogen (secondary N) is 2. The predicted octanol–water partition coefficient (Wildman–Crippen LogP) is 3.25. The molecule has 1 amide bonds. The summed E-state index contributed by atoms with van der Waals surface area (Å²) in [6.45, 7) is 4.20. The Labute approximate surface area is 192 Å². The van der Waals surface area contributed by atoms with Gasteiger partial charge in [0.25, 0.3) is 5.91 Å². The third-order valence-electron chi connectivity index (χ3n) is 5.63. The number of carbonyl (C=O) groups is 1. The summed E-state index contributed by atoms with van der Waals surface area (Å²) in [4.78, 5) is 21.3. The van der Waals surface area contributed by atoms with Gasteiger partial charge in [-0.1, -0.05) is 12.1 Å². The van der Waals surface area contributed by atoms with Gasteiger partial charge in [-0.3, -0.25) is 9.79 Å². The van der Waals surface area contributed by atoms with E-state index in [2.05, 4.69) is 25.4 Å². The van der Waals surface area contributed by atoms with Crippen LogP contribution in [0.1, 0.15) is 21.7 Å². The van der Waals surface area contributed by atoms with Gasteiger partial charge in [-0.15, -0.1) is 0 Å². The minimum absolute atomic E-state index is 0.144. The van der Waals surface area contributed by atoms with Crippen LogP contribution in [0.2, 0.25) is 0 Å². The number of piperazine rings is 1. The Balaban J connectivity index is 1.28. The second-order valence-electron chi connectivity index (χ2n) is 7.81. The number of carbonyl (C=O) groups excluding carboxylic acids is 1. The molecule has 4 rings (SSSR count). The fraction of sp³-hybridized carbons (Fsp3) is 0.280. The van der Waals surface area contributed by atoms with Crippen molar-refractivity contribution >= 4 is 17.6 Å². The smallest absolute Gasteiger partial charge is 0.251 e. The molecule has 0 radical (unpaired) electrons. The van der Waals surface area contributed by atoms with Crippen LogP contribution in [0.3, 0.4) is 0 Å². The molecule has 3 aromatic rings. The van der Waals surface area contributed by atoms with Gasteiger partial charge in [0.05, 0.1) is 12.8 Å². The van der Waals surface area contributed by atoms with Crippen LogP contribution in [0.25, 0.3) is 0 Å². The third-order valence-corrected chi connectivity index (χ3v) is 5.63. The minimum atomic E-state index is -0.221. The van der Waals surface area contributed by atoms with E-state index < -0.39 is 0 Å². The van der Waals surface area contributed by atoms with Gasteiger partial charge in [-0.05, 0) is 54.1 Å². The first-order valence-electron chi connectivity index (χ1n) is 11.0. The van der Waals surface area contributed by atoms with Crippen molar-refractivity contribution in [3.8, 4) is 0 Å². The van der Waals surface area contributed by atoms with E-state index in [1.54, 1.807) is 25.4 Å². The summed E-state index contributed by atoms with van der Waals surface area (Å²) in [5.41, 5.74) is 2.62. The summed E-state index contributed by atoms with van der Waals surface area (Å²) < 4.78 is 18.4. The predicted molar refractivity (Wildman–Crippen MR) is 127 cm³/mol. The zero-order valence-electron chi connectivity index (χ0n) is 18.6. The number of hydrogen-bond acceptors (Lipinski definition) is 4. The van der Waals surface area contributed by atoms with Crippen LogP contribution < -0.4 is 15.5 Å². The molecule has 0 unspecified atom stereocenters. The largest absolute Gasteiger partial charge is 0.467 e. The molecule has 1 aliphatic heterocycles. The number of hydrogen-bond donors (Lipinski definition) is 2. The Morgan fingerprint density at radius 1 is 1.00 bits per heavy atom. The molecule has 0 saturated carbocycles. The maximum Gasteiger partial charge on any atom is 0.251 e. The van der Waals surface area contributed by atoms with Crippen LogP contribution in [0.4, 0.5) is 10.1 Å². The van der Waals surface area contributed by atoms with E-state index in [-0.39, 0.29) is 11.7 Å². The van der Waals surface area contributed by atoms with E-state index in [0.29, 0.717) is 24.4 Å². The normalized spacial score (nSPS) is 14.3. The number of anilines is 1. The van der Waals surface area contributed by atoms with Crippen LogP contribution in [-0.2, 0) is 13.1 Å². The minimum Gasteiger partial charge on any atom is -0.467 e. The van der Waals surface area contributed by atoms with Crippen molar-refractivity contribution in [3.63, 3.8) is 0 Å². The van der Waals surface area contributed by atoms with Crippen molar-refractivity contribution in [1.82, 2.24) is 15.5 Å². The first-order chi connectivity index (χ1) is 16.1. The summed E-state index contributed by atoms with van der Waals surface area (Å²) >= 11 is 0. The van der Waals surface area contributed by atoms with E-state index in [4.69, 9.17) is 4.42 Å². The van der Waals surface area contributed by atoms with E-state index in [0.717, 1.165) is 43.4 Å². The zero-order chi connectivity index (χ0) is 23.0. The Hall–Kier alpha value is -3.81. The molecule has 1 aliphatic rings. The zero-order valence-corrected chi connectivity index (χ0v) is 18.6. The van der Waals surface area contributed by atoms with Gasteiger partial charge in [0.1, 0.15) is 11.6 Å². The third kappa shape index (κ3) is 5.91. The van der Waals surface area contributed by atoms with Gasteiger partial charge >= 0.3 is 0 Å². The molecule has 8 heteroatoms. The van der Waals surface area contributed by atoms with Crippen LogP contribution in [0.15, 0.2) is 76.3 Å². The van der Waals surface area contributed by atoms with Crippen molar-refractivity contribution in [1.29, 1.82) is 0 Å². The molecule has 1 aromatic heterocycles. The van der Waals surface area contributed by atoms with Crippen LogP contribution in [-0.4, -0.2) is 50.0 Å². The number of rotatable bonds is 6. The van der Waals surface area contributed by atoms with Gasteiger partial charge < -0.3 is 24.9 Å². The topological polar surface area (TPSA) is 73.1 Å². The standard InChI is InChI=1S/C25H28FN5O2/c1-27-25(31-13-11-30(12-14-31)22-9-7-21(26)8-10-22)29-17-19-4-2-5-20(16-19)24(32)28-18-23-6-3-15-33-23/h2-10,15-16H,11-14,17-18H2,1H3,(H,27,29)(H,28,32). The summed E-state index contributed by atoms with van der Waals surface area (Å²) in [7, 11) is 1.77. The van der Waals surface area contributed by atoms with Gasteiger partial charge in [-0.25, -0.2) is 4.39 Å². The van der Waals surface area contributed by atoms with Crippen LogP contribution >= 0.6 is 0 Å². The highest BCUT2D eigenvalue weighted by molar-refractivity contribution is 5.94. The monoisotopic (exact) mass is 449 g/mol. The maximum atomic E-state index is 13.2. The quantitative estimate of drug-likeness (QED) is 0.447. The molecule has 1 saturated heterocycles. The van der Waals surface area contributed by atoms with Crippen molar-refractivity contribution in [2.75, 3.05) is 38.1 Å². The highest BCUT2D eigenvalue weighted by Crippen LogP contribution is 2.17. The van der Waals surface area contributed by atoms with E-state index >= 15 is 0 Å². The molecule has 33 heavy (non-hydrogen) atoms. The van der Waals surface area contributed by atoms with Gasteiger partial charge in [-0.2, -0.15) is 0 Å². The molecule has 0 spiro atoms. The number of furan rings is 1. The summed E-state index contributed by atoms with van der Waals surface area (Å²) in [6, 6.07) is 17.8. The fourth-order valence-electron chi connectivity index (χ4n) is 3.85. The lowest BCUT2D eigenvalue weighted by molar-refractivity contribution is 0.0948. The van der Waals surface area contributed by atoms with Crippen molar-refractivity contribution in [2.45, 2.75) is 13.1 Å². The second kappa shape index (κ2) is 10.7. The molecule has 172 valence electrons. The number of amides is 1. The van der Waals surface area contributed by atoms with E-state index in [9.17, 15) is 9.18 Å². The summed E-state index contributed by atoms with van der Waals surface area (Å²) in [5.74, 6) is 1.17. The Kier molecular flexibility index (Phi) is 7.24. The Bertz CT molecular complexity index is 1070. The molecular formula is C25H28FN5O2. The lowest BCUT2D eigenvalue weighted by Gasteiger charge is -2.37. The number of nitrogens with zero attached hydrogens (tertiary/aromatic N) is 3. The Morgan fingerprint density at radius 2 is 1.79 bits per heavy atom. The highest BCUT2D eigenvalue weighted by atomic mass is 19.1. The van der Waals surface area contributed by atoms with E-state index in [1.807, 2.05) is 36.4 Å². The molecule has 2 heterocycles. The Morgan fingerprint density at radius 3 is 2.48 bits per heavy atom. The highest BCUT2D eigenvalue weighted by Gasteiger charge is 2.20. The molecular weight excluding hydrogens is 421 g/mol. The molecule has 2 N–H and O–H groups in total. The van der Waals surface area contributed by atoms with Crippen molar-refractivity contribution < 1.29 is 13.6 Å². The second-order valence-corrected chi connectivity index (χ2v) is 7.81. The first-order valence-corrected chi connectivity index (χ1v) is 11.0. The van der Waals surface area contributed by atoms with Crippen molar-refractivity contribution in [2.24, 2.45) is 4.99 Å². The lowest BCUT2D eigenvalue weighted by atomic mass is 10.1. The number of halogens is 1. The van der Waals surface area contributed by atoms with Crippen LogP contribution in [0.5, 0.6) is 0 Å². The lowest BCUT2D eigenvalue weighted by Crippen LogP contribution is -2.52. The number of aliphatic imine (C=N–C) groups is 1. The fourth-order valence-corrected chi connectivity index (χ4v) is 3.85. The molecule has 0 atom stereocenters.